The second-order valence-electron chi connectivity index (χ2n) is 2.28. The monoisotopic (exact) mass is 195 g/mol. The fraction of sp³-hybridized carbons (Fsp3) is 0.111. The number of ether oxygens (including phenoxy) is 1. The molecule has 0 amide bonds. The lowest BCUT2D eigenvalue weighted by Crippen LogP contribution is -1.92. The molecule has 0 aliphatic carbocycles. The maximum atomic E-state index is 10.5. The van der Waals surface area contributed by atoms with Gasteiger partial charge in [-0.05, 0) is 12.1 Å². The first-order valence-corrected chi connectivity index (χ1v) is 3.84. The molecule has 0 bridgehead atoms. The molecule has 0 atom stereocenters. The van der Waals surface area contributed by atoms with Crippen LogP contribution in [0.1, 0.15) is 15.9 Å². The zero-order chi connectivity index (χ0) is 9.84. The smallest absolute Gasteiger partial charge is 0.151 e. The summed E-state index contributed by atoms with van der Waals surface area (Å²) >= 11 is 5.76. The summed E-state index contributed by atoms with van der Waals surface area (Å²) in [6.07, 6.45) is 0.600. The van der Waals surface area contributed by atoms with Crippen LogP contribution >= 0.6 is 11.6 Å². The van der Waals surface area contributed by atoms with E-state index in [0.29, 0.717) is 17.6 Å². The van der Waals surface area contributed by atoms with Gasteiger partial charge < -0.3 is 4.74 Å². The van der Waals surface area contributed by atoms with Gasteiger partial charge in [-0.1, -0.05) is 11.6 Å². The minimum Gasteiger partial charge on any atom is -0.495 e. The molecule has 0 saturated heterocycles. The minimum atomic E-state index is 0.136. The zero-order valence-corrected chi connectivity index (χ0v) is 7.63. The van der Waals surface area contributed by atoms with Gasteiger partial charge in [0.25, 0.3) is 0 Å². The predicted octanol–water partition coefficient (Wildman–Crippen LogP) is 2.03. The number of carbonyl (C=O) groups excluding carboxylic acids is 1. The second kappa shape index (κ2) is 3.92. The Balaban J connectivity index is 3.42. The Kier molecular flexibility index (Phi) is 2.88. The summed E-state index contributed by atoms with van der Waals surface area (Å²) in [5.41, 5.74) is 0.479. The fourth-order valence-electron chi connectivity index (χ4n) is 0.940. The van der Waals surface area contributed by atoms with Crippen molar-refractivity contribution in [3.8, 4) is 11.8 Å². The lowest BCUT2D eigenvalue weighted by atomic mass is 10.1. The van der Waals surface area contributed by atoms with Crippen LogP contribution < -0.4 is 4.74 Å². The van der Waals surface area contributed by atoms with E-state index in [1.165, 1.54) is 19.2 Å². The second-order valence-corrected chi connectivity index (χ2v) is 2.65. The number of nitriles is 1. The van der Waals surface area contributed by atoms with Crippen molar-refractivity contribution in [3.63, 3.8) is 0 Å². The molecule has 0 fully saturated rings. The number of hydrogen-bond donors (Lipinski definition) is 0. The molecule has 0 saturated carbocycles. The largest absolute Gasteiger partial charge is 0.495 e. The molecule has 0 heterocycles. The molecule has 0 unspecified atom stereocenters. The highest BCUT2D eigenvalue weighted by molar-refractivity contribution is 6.34. The summed E-state index contributed by atoms with van der Waals surface area (Å²) in [5, 5.41) is 8.86. The Hall–Kier alpha value is -1.53. The quantitative estimate of drug-likeness (QED) is 0.679. The molecule has 1 rings (SSSR count). The van der Waals surface area contributed by atoms with E-state index >= 15 is 0 Å². The van der Waals surface area contributed by atoms with Crippen molar-refractivity contribution in [2.75, 3.05) is 7.11 Å². The molecule has 13 heavy (non-hydrogen) atoms. The van der Waals surface area contributed by atoms with Crippen molar-refractivity contribution >= 4 is 17.9 Å². The molecule has 0 aliphatic rings. The van der Waals surface area contributed by atoms with Crippen LogP contribution in [0.3, 0.4) is 0 Å². The first-order chi connectivity index (χ1) is 6.24. The number of hydrogen-bond acceptors (Lipinski definition) is 3. The number of halogens is 1. The van der Waals surface area contributed by atoms with Gasteiger partial charge in [0.1, 0.15) is 17.4 Å². The van der Waals surface area contributed by atoms with E-state index in [2.05, 4.69) is 0 Å². The maximum absolute atomic E-state index is 10.5. The minimum absolute atomic E-state index is 0.136. The van der Waals surface area contributed by atoms with Crippen molar-refractivity contribution in [3.05, 3.63) is 28.3 Å². The van der Waals surface area contributed by atoms with Gasteiger partial charge in [0.05, 0.1) is 12.1 Å². The van der Waals surface area contributed by atoms with Crippen LogP contribution in [0.4, 0.5) is 0 Å². The van der Waals surface area contributed by atoms with Gasteiger partial charge in [-0.15, -0.1) is 0 Å². The Bertz CT molecular complexity index is 382. The van der Waals surface area contributed by atoms with E-state index < -0.39 is 0 Å². The Morgan fingerprint density at radius 1 is 1.62 bits per heavy atom. The summed E-state index contributed by atoms with van der Waals surface area (Å²) in [6, 6.07) is 4.92. The Morgan fingerprint density at radius 2 is 2.31 bits per heavy atom. The van der Waals surface area contributed by atoms with E-state index in [1.54, 1.807) is 0 Å². The van der Waals surface area contributed by atoms with Crippen LogP contribution in [0, 0.1) is 11.3 Å². The highest BCUT2D eigenvalue weighted by Gasteiger charge is 2.10. The Labute approximate surface area is 80.5 Å². The normalized spacial score (nSPS) is 9.00. The average molecular weight is 196 g/mol. The summed E-state index contributed by atoms with van der Waals surface area (Å²) in [4.78, 5) is 10.5. The summed E-state index contributed by atoms with van der Waals surface area (Å²) < 4.78 is 4.89. The first kappa shape index (κ1) is 9.56. The van der Waals surface area contributed by atoms with Gasteiger partial charge in [-0.25, -0.2) is 0 Å². The van der Waals surface area contributed by atoms with E-state index in [1.807, 2.05) is 6.07 Å². The molecular formula is C9H6ClNO2. The molecule has 66 valence electrons. The van der Waals surface area contributed by atoms with E-state index in [9.17, 15) is 4.79 Å². The molecule has 3 nitrogen and oxygen atoms in total. The SMILES string of the molecule is COc1ccc(C=O)c(Cl)c1C#N. The standard InChI is InChI=1S/C9H6ClNO2/c1-13-8-3-2-6(5-12)9(10)7(8)4-11/h2-3,5H,1H3. The van der Waals surface area contributed by atoms with Crippen molar-refractivity contribution in [1.82, 2.24) is 0 Å². The number of rotatable bonds is 2. The van der Waals surface area contributed by atoms with Crippen molar-refractivity contribution in [2.24, 2.45) is 0 Å². The van der Waals surface area contributed by atoms with Gasteiger partial charge in [-0.2, -0.15) is 5.26 Å². The third-order valence-corrected chi connectivity index (χ3v) is 2.00. The molecular weight excluding hydrogens is 190 g/mol. The number of nitrogens with zero attached hydrogens (tertiary/aromatic N) is 1. The molecule has 1 aromatic carbocycles. The third-order valence-electron chi connectivity index (χ3n) is 1.59. The van der Waals surface area contributed by atoms with Crippen molar-refractivity contribution < 1.29 is 9.53 Å². The van der Waals surface area contributed by atoms with Crippen LogP contribution in [-0.2, 0) is 0 Å². The first-order valence-electron chi connectivity index (χ1n) is 3.46. The molecule has 0 aromatic heterocycles. The molecule has 1 aromatic rings. The molecule has 4 heteroatoms. The maximum Gasteiger partial charge on any atom is 0.151 e. The lowest BCUT2D eigenvalue weighted by Gasteiger charge is -2.04. The van der Waals surface area contributed by atoms with Crippen LogP contribution in [0.15, 0.2) is 12.1 Å². The Morgan fingerprint density at radius 3 is 2.77 bits per heavy atom. The number of methoxy groups -OCH3 is 1. The van der Waals surface area contributed by atoms with E-state index in [4.69, 9.17) is 21.6 Å². The van der Waals surface area contributed by atoms with Crippen molar-refractivity contribution in [1.29, 1.82) is 5.26 Å². The van der Waals surface area contributed by atoms with Gasteiger partial charge in [0.2, 0.25) is 0 Å². The number of carbonyl (C=O) groups is 1. The summed E-state index contributed by atoms with van der Waals surface area (Å²) in [7, 11) is 1.44. The molecule has 0 radical (unpaired) electrons. The van der Waals surface area contributed by atoms with Gasteiger partial charge in [0.15, 0.2) is 6.29 Å². The predicted molar refractivity (Wildman–Crippen MR) is 48.1 cm³/mol. The summed E-state index contributed by atoms with van der Waals surface area (Å²) in [6.45, 7) is 0. The van der Waals surface area contributed by atoms with Gasteiger partial charge in [0, 0.05) is 5.56 Å². The zero-order valence-electron chi connectivity index (χ0n) is 6.87. The van der Waals surface area contributed by atoms with Crippen LogP contribution in [0.25, 0.3) is 0 Å². The van der Waals surface area contributed by atoms with Crippen LogP contribution in [0.5, 0.6) is 5.75 Å². The summed E-state index contributed by atoms with van der Waals surface area (Å²) in [5.74, 6) is 0.373. The molecule has 0 aliphatic heterocycles. The topological polar surface area (TPSA) is 50.1 Å². The highest BCUT2D eigenvalue weighted by Crippen LogP contribution is 2.27. The van der Waals surface area contributed by atoms with Crippen LogP contribution in [-0.4, -0.2) is 13.4 Å². The van der Waals surface area contributed by atoms with E-state index in [0.717, 1.165) is 0 Å². The third kappa shape index (κ3) is 1.63. The fourth-order valence-corrected chi connectivity index (χ4v) is 1.18. The molecule has 0 N–H and O–H groups in total. The van der Waals surface area contributed by atoms with Gasteiger partial charge in [-0.3, -0.25) is 4.79 Å². The van der Waals surface area contributed by atoms with Crippen LogP contribution in [0.2, 0.25) is 5.02 Å². The van der Waals surface area contributed by atoms with E-state index in [-0.39, 0.29) is 10.6 Å². The van der Waals surface area contributed by atoms with Crippen molar-refractivity contribution in [2.45, 2.75) is 0 Å². The lowest BCUT2D eigenvalue weighted by molar-refractivity contribution is 0.112. The number of aldehydes is 1. The number of benzene rings is 1. The van der Waals surface area contributed by atoms with Gasteiger partial charge >= 0.3 is 0 Å². The highest BCUT2D eigenvalue weighted by atomic mass is 35.5. The average Bonchev–Trinajstić information content (AvgIpc) is 2.17. The molecule has 0 spiro atoms.